The van der Waals surface area contributed by atoms with Crippen molar-refractivity contribution in [2.75, 3.05) is 19.7 Å². The van der Waals surface area contributed by atoms with Crippen LogP contribution in [0.2, 0.25) is 0 Å². The zero-order chi connectivity index (χ0) is 12.3. The van der Waals surface area contributed by atoms with Crippen LogP contribution >= 0.6 is 0 Å². The van der Waals surface area contributed by atoms with E-state index in [1.54, 1.807) is 0 Å². The first-order chi connectivity index (χ1) is 8.15. The van der Waals surface area contributed by atoms with E-state index in [9.17, 15) is 9.90 Å². The van der Waals surface area contributed by atoms with Gasteiger partial charge in [0.25, 0.3) is 0 Å². The third-order valence-corrected chi connectivity index (χ3v) is 4.24. The Hall–Kier alpha value is -0.610. The van der Waals surface area contributed by atoms with Crippen molar-refractivity contribution in [3.63, 3.8) is 0 Å². The summed E-state index contributed by atoms with van der Waals surface area (Å²) in [5.41, 5.74) is 5.65. The van der Waals surface area contributed by atoms with Crippen LogP contribution < -0.4 is 5.73 Å². The molecule has 2 fully saturated rings. The lowest BCUT2D eigenvalue weighted by molar-refractivity contribution is -0.140. The lowest BCUT2D eigenvalue weighted by atomic mass is 9.81. The molecule has 17 heavy (non-hydrogen) atoms. The van der Waals surface area contributed by atoms with Gasteiger partial charge in [-0.25, -0.2) is 0 Å². The van der Waals surface area contributed by atoms with Crippen LogP contribution in [0.3, 0.4) is 0 Å². The van der Waals surface area contributed by atoms with Gasteiger partial charge in [-0.15, -0.1) is 0 Å². The first-order valence-electron chi connectivity index (χ1n) is 6.85. The molecule has 0 aromatic heterocycles. The van der Waals surface area contributed by atoms with Gasteiger partial charge in [-0.1, -0.05) is 19.3 Å². The first kappa shape index (κ1) is 12.8. The summed E-state index contributed by atoms with van der Waals surface area (Å²) in [5.74, 6) is 0.371. The summed E-state index contributed by atoms with van der Waals surface area (Å²) in [7, 11) is 0. The zero-order valence-electron chi connectivity index (χ0n) is 10.5. The van der Waals surface area contributed by atoms with Gasteiger partial charge < -0.3 is 15.7 Å². The molecular formula is C13H24N2O2. The lowest BCUT2D eigenvalue weighted by Gasteiger charge is -2.40. The van der Waals surface area contributed by atoms with Gasteiger partial charge in [0.05, 0.1) is 5.54 Å². The second-order valence-electron chi connectivity index (χ2n) is 5.66. The van der Waals surface area contributed by atoms with E-state index in [1.165, 1.54) is 6.42 Å². The summed E-state index contributed by atoms with van der Waals surface area (Å²) < 4.78 is 0. The maximum absolute atomic E-state index is 12.5. The highest BCUT2D eigenvalue weighted by molar-refractivity contribution is 5.86. The van der Waals surface area contributed by atoms with E-state index in [-0.39, 0.29) is 18.4 Å². The maximum Gasteiger partial charge on any atom is 0.242 e. The van der Waals surface area contributed by atoms with Crippen molar-refractivity contribution in [1.82, 2.24) is 4.90 Å². The van der Waals surface area contributed by atoms with Crippen LogP contribution in [0.1, 0.15) is 44.9 Å². The van der Waals surface area contributed by atoms with E-state index in [0.717, 1.165) is 45.1 Å². The quantitative estimate of drug-likeness (QED) is 0.753. The van der Waals surface area contributed by atoms with E-state index in [4.69, 9.17) is 5.73 Å². The molecule has 1 atom stereocenters. The molecule has 1 saturated carbocycles. The normalized spacial score (nSPS) is 29.1. The number of hydrogen-bond acceptors (Lipinski definition) is 3. The number of amides is 1. The standard InChI is InChI=1S/C13H24N2O2/c14-13(6-2-1-3-7-13)12(17)15-8-4-5-11(9-15)10-16/h11,16H,1-10,14H2. The van der Waals surface area contributed by atoms with Crippen LogP contribution in [-0.2, 0) is 4.79 Å². The molecule has 2 aliphatic rings. The predicted molar refractivity (Wildman–Crippen MR) is 66.4 cm³/mol. The van der Waals surface area contributed by atoms with Gasteiger partial charge in [-0.2, -0.15) is 0 Å². The van der Waals surface area contributed by atoms with Crippen molar-refractivity contribution in [3.05, 3.63) is 0 Å². The van der Waals surface area contributed by atoms with Gasteiger partial charge in [0.15, 0.2) is 0 Å². The molecule has 98 valence electrons. The number of aliphatic hydroxyl groups is 1. The van der Waals surface area contributed by atoms with Crippen molar-refractivity contribution >= 4 is 5.91 Å². The predicted octanol–water partition coefficient (Wildman–Crippen LogP) is 0.879. The van der Waals surface area contributed by atoms with E-state index >= 15 is 0 Å². The summed E-state index contributed by atoms with van der Waals surface area (Å²) in [5, 5.41) is 9.20. The summed E-state index contributed by atoms with van der Waals surface area (Å²) in [6.45, 7) is 1.68. The van der Waals surface area contributed by atoms with Gasteiger partial charge in [0, 0.05) is 19.7 Å². The monoisotopic (exact) mass is 240 g/mol. The van der Waals surface area contributed by atoms with E-state index in [2.05, 4.69) is 0 Å². The van der Waals surface area contributed by atoms with E-state index in [1.807, 2.05) is 4.90 Å². The van der Waals surface area contributed by atoms with Crippen LogP contribution in [0.25, 0.3) is 0 Å². The minimum atomic E-state index is -0.615. The number of likely N-dealkylation sites (tertiary alicyclic amines) is 1. The highest BCUT2D eigenvalue weighted by Crippen LogP contribution is 2.29. The Morgan fingerprint density at radius 3 is 2.65 bits per heavy atom. The molecule has 1 saturated heterocycles. The van der Waals surface area contributed by atoms with Crippen LogP contribution in [0, 0.1) is 5.92 Å². The number of rotatable bonds is 2. The molecule has 4 nitrogen and oxygen atoms in total. The number of carbonyl (C=O) groups is 1. The van der Waals surface area contributed by atoms with Crippen molar-refractivity contribution in [3.8, 4) is 0 Å². The number of nitrogens with zero attached hydrogens (tertiary/aromatic N) is 1. The summed E-state index contributed by atoms with van der Waals surface area (Å²) in [4.78, 5) is 14.3. The van der Waals surface area contributed by atoms with Crippen molar-refractivity contribution in [2.24, 2.45) is 11.7 Å². The SMILES string of the molecule is NC1(C(=O)N2CCCC(CO)C2)CCCCC1. The highest BCUT2D eigenvalue weighted by atomic mass is 16.3. The topological polar surface area (TPSA) is 66.6 Å². The molecular weight excluding hydrogens is 216 g/mol. The van der Waals surface area contributed by atoms with Gasteiger partial charge in [0.2, 0.25) is 5.91 Å². The minimum Gasteiger partial charge on any atom is -0.396 e. The third-order valence-electron chi connectivity index (χ3n) is 4.24. The molecule has 0 aromatic carbocycles. The smallest absolute Gasteiger partial charge is 0.242 e. The van der Waals surface area contributed by atoms with E-state index in [0.29, 0.717) is 6.54 Å². The molecule has 1 unspecified atom stereocenters. The second-order valence-corrected chi connectivity index (χ2v) is 5.66. The molecule has 3 N–H and O–H groups in total. The molecule has 1 aliphatic carbocycles. The van der Waals surface area contributed by atoms with Crippen molar-refractivity contribution < 1.29 is 9.90 Å². The van der Waals surface area contributed by atoms with Gasteiger partial charge in [-0.05, 0) is 31.6 Å². The molecule has 1 aliphatic heterocycles. The molecule has 4 heteroatoms. The summed E-state index contributed by atoms with van der Waals surface area (Å²) >= 11 is 0. The Bertz CT molecular complexity index is 275. The molecule has 0 radical (unpaired) electrons. The van der Waals surface area contributed by atoms with Gasteiger partial charge in [0.1, 0.15) is 0 Å². The van der Waals surface area contributed by atoms with Crippen LogP contribution in [0.4, 0.5) is 0 Å². The molecule has 0 spiro atoms. The zero-order valence-corrected chi connectivity index (χ0v) is 10.5. The maximum atomic E-state index is 12.5. The Kier molecular flexibility index (Phi) is 4.05. The van der Waals surface area contributed by atoms with E-state index < -0.39 is 5.54 Å². The first-order valence-corrected chi connectivity index (χ1v) is 6.85. The van der Waals surface area contributed by atoms with Crippen LogP contribution in [0.15, 0.2) is 0 Å². The Balaban J connectivity index is 1.98. The average Bonchev–Trinajstić information content (AvgIpc) is 2.39. The van der Waals surface area contributed by atoms with Crippen LogP contribution in [-0.4, -0.2) is 41.1 Å². The van der Waals surface area contributed by atoms with Gasteiger partial charge in [-0.3, -0.25) is 4.79 Å². The van der Waals surface area contributed by atoms with Crippen molar-refractivity contribution in [2.45, 2.75) is 50.5 Å². The molecule has 0 bridgehead atoms. The number of nitrogens with two attached hydrogens (primary N) is 1. The molecule has 2 rings (SSSR count). The van der Waals surface area contributed by atoms with Crippen LogP contribution in [0.5, 0.6) is 0 Å². The molecule has 1 heterocycles. The highest BCUT2D eigenvalue weighted by Gasteiger charge is 2.39. The number of carbonyl (C=O) groups excluding carboxylic acids is 1. The third kappa shape index (κ3) is 2.80. The molecule has 1 amide bonds. The summed E-state index contributed by atoms with van der Waals surface area (Å²) in [6.07, 6.45) is 7.01. The fourth-order valence-corrected chi connectivity index (χ4v) is 3.11. The summed E-state index contributed by atoms with van der Waals surface area (Å²) in [6, 6.07) is 0. The number of hydrogen-bond donors (Lipinski definition) is 2. The average molecular weight is 240 g/mol. The minimum absolute atomic E-state index is 0.121. The largest absolute Gasteiger partial charge is 0.396 e. The fraction of sp³-hybridized carbons (Fsp3) is 0.923. The number of aliphatic hydroxyl groups excluding tert-OH is 1. The molecule has 0 aromatic rings. The lowest BCUT2D eigenvalue weighted by Crippen LogP contribution is -2.58. The fourth-order valence-electron chi connectivity index (χ4n) is 3.11. The van der Waals surface area contributed by atoms with Crippen molar-refractivity contribution in [1.29, 1.82) is 0 Å². The Morgan fingerprint density at radius 2 is 2.00 bits per heavy atom. The number of piperidine rings is 1. The second kappa shape index (κ2) is 5.36. The Labute approximate surface area is 103 Å². The Morgan fingerprint density at radius 1 is 1.29 bits per heavy atom. The van der Waals surface area contributed by atoms with Gasteiger partial charge >= 0.3 is 0 Å².